The highest BCUT2D eigenvalue weighted by Gasteiger charge is 2.22. The molecule has 0 bridgehead atoms. The van der Waals surface area contributed by atoms with E-state index in [4.69, 9.17) is 0 Å². The number of nitrogens with one attached hydrogen (secondary N) is 1. The fraction of sp³-hybridized carbons (Fsp3) is 0.444. The van der Waals surface area contributed by atoms with Gasteiger partial charge in [-0.25, -0.2) is 4.98 Å². The maximum Gasteiger partial charge on any atom is 0.254 e. The molecule has 6 nitrogen and oxygen atoms in total. The Labute approximate surface area is 140 Å². The molecule has 24 heavy (non-hydrogen) atoms. The third kappa shape index (κ3) is 3.28. The molecule has 0 saturated carbocycles. The normalized spacial score (nSPS) is 14.6. The second kappa shape index (κ2) is 6.65. The third-order valence-electron chi connectivity index (χ3n) is 4.50. The van der Waals surface area contributed by atoms with Crippen molar-refractivity contribution in [3.63, 3.8) is 0 Å². The van der Waals surface area contributed by atoms with Crippen molar-refractivity contribution in [1.29, 1.82) is 0 Å². The van der Waals surface area contributed by atoms with Crippen molar-refractivity contribution in [3.8, 4) is 11.5 Å². The SMILES string of the molecule is CCCc1nc2c(c(=O)[nH]1)CCN(Cc1c(C)cc(O)cc1O)C2. The van der Waals surface area contributed by atoms with Crippen LogP contribution in [0.1, 0.15) is 41.6 Å². The highest BCUT2D eigenvalue weighted by molar-refractivity contribution is 5.44. The molecule has 6 heteroatoms. The number of phenols is 2. The lowest BCUT2D eigenvalue weighted by molar-refractivity contribution is 0.236. The summed E-state index contributed by atoms with van der Waals surface area (Å²) in [6, 6.07) is 3.01. The van der Waals surface area contributed by atoms with E-state index < -0.39 is 0 Å². The van der Waals surface area contributed by atoms with Crippen LogP contribution in [0.25, 0.3) is 0 Å². The van der Waals surface area contributed by atoms with E-state index in [-0.39, 0.29) is 17.1 Å². The molecule has 0 amide bonds. The number of hydrogen-bond acceptors (Lipinski definition) is 5. The molecule has 1 aliphatic rings. The Morgan fingerprint density at radius 3 is 2.83 bits per heavy atom. The predicted octanol–water partition coefficient (Wildman–Crippen LogP) is 2.00. The van der Waals surface area contributed by atoms with Crippen molar-refractivity contribution in [2.24, 2.45) is 0 Å². The molecule has 0 atom stereocenters. The van der Waals surface area contributed by atoms with Crippen molar-refractivity contribution in [3.05, 3.63) is 50.7 Å². The van der Waals surface area contributed by atoms with Crippen LogP contribution in [0.15, 0.2) is 16.9 Å². The second-order valence-electron chi connectivity index (χ2n) is 6.41. The molecule has 3 N–H and O–H groups in total. The van der Waals surface area contributed by atoms with Crippen LogP contribution in [0.3, 0.4) is 0 Å². The molecule has 128 valence electrons. The van der Waals surface area contributed by atoms with Crippen LogP contribution in [-0.4, -0.2) is 31.6 Å². The minimum Gasteiger partial charge on any atom is -0.508 e. The predicted molar refractivity (Wildman–Crippen MR) is 91.2 cm³/mol. The maximum absolute atomic E-state index is 12.2. The van der Waals surface area contributed by atoms with Crippen LogP contribution in [0, 0.1) is 6.92 Å². The number of aromatic hydroxyl groups is 2. The Balaban J connectivity index is 1.84. The van der Waals surface area contributed by atoms with Crippen molar-refractivity contribution in [2.45, 2.75) is 46.2 Å². The topological polar surface area (TPSA) is 89.5 Å². The summed E-state index contributed by atoms with van der Waals surface area (Å²) in [6.45, 7) is 5.83. The van der Waals surface area contributed by atoms with Crippen LogP contribution >= 0.6 is 0 Å². The van der Waals surface area contributed by atoms with Gasteiger partial charge in [0, 0.05) is 43.2 Å². The summed E-state index contributed by atoms with van der Waals surface area (Å²) in [4.78, 5) is 21.8. The summed E-state index contributed by atoms with van der Waals surface area (Å²) in [7, 11) is 0. The lowest BCUT2D eigenvalue weighted by atomic mass is 10.0. The molecule has 1 aromatic carbocycles. The zero-order valence-electron chi connectivity index (χ0n) is 14.1. The van der Waals surface area contributed by atoms with Crippen LogP contribution in [0.5, 0.6) is 11.5 Å². The maximum atomic E-state index is 12.2. The number of aromatic nitrogens is 2. The van der Waals surface area contributed by atoms with Crippen molar-refractivity contribution < 1.29 is 10.2 Å². The van der Waals surface area contributed by atoms with Gasteiger partial charge in [-0.3, -0.25) is 9.69 Å². The smallest absolute Gasteiger partial charge is 0.254 e. The van der Waals surface area contributed by atoms with Crippen LogP contribution in [0.4, 0.5) is 0 Å². The average molecular weight is 329 g/mol. The zero-order valence-corrected chi connectivity index (χ0v) is 14.1. The van der Waals surface area contributed by atoms with Crippen molar-refractivity contribution in [2.75, 3.05) is 6.54 Å². The minimum atomic E-state index is -0.0215. The lowest BCUT2D eigenvalue weighted by Crippen LogP contribution is -2.35. The van der Waals surface area contributed by atoms with Gasteiger partial charge in [0.25, 0.3) is 5.56 Å². The molecule has 2 heterocycles. The molecule has 0 radical (unpaired) electrons. The van der Waals surface area contributed by atoms with Gasteiger partial charge in [0.2, 0.25) is 0 Å². The molecule has 1 aromatic heterocycles. The van der Waals surface area contributed by atoms with Crippen LogP contribution < -0.4 is 5.56 Å². The van der Waals surface area contributed by atoms with E-state index in [0.717, 1.165) is 47.6 Å². The van der Waals surface area contributed by atoms with Gasteiger partial charge in [0.15, 0.2) is 0 Å². The van der Waals surface area contributed by atoms with Gasteiger partial charge in [0.05, 0.1) is 5.69 Å². The van der Waals surface area contributed by atoms with E-state index >= 15 is 0 Å². The van der Waals surface area contributed by atoms with Gasteiger partial charge in [-0.05, 0) is 31.4 Å². The number of hydrogen-bond donors (Lipinski definition) is 3. The molecule has 0 saturated heterocycles. The second-order valence-corrected chi connectivity index (χ2v) is 6.41. The lowest BCUT2D eigenvalue weighted by Gasteiger charge is -2.28. The van der Waals surface area contributed by atoms with Crippen LogP contribution in [0.2, 0.25) is 0 Å². The van der Waals surface area contributed by atoms with Gasteiger partial charge >= 0.3 is 0 Å². The first-order chi connectivity index (χ1) is 11.5. The van der Waals surface area contributed by atoms with Gasteiger partial charge in [0.1, 0.15) is 17.3 Å². The molecule has 2 aromatic rings. The molecular formula is C18H23N3O3. The Bertz CT molecular complexity index is 791. The summed E-state index contributed by atoms with van der Waals surface area (Å²) in [5.41, 5.74) is 3.24. The van der Waals surface area contributed by atoms with Gasteiger partial charge < -0.3 is 15.2 Å². The standard InChI is InChI=1S/C18H23N3O3/c1-3-4-17-19-15-10-21(6-5-13(15)18(24)20-17)9-14-11(2)7-12(22)8-16(14)23/h7-8,22-23H,3-6,9-10H2,1-2H3,(H,19,20,24). The number of H-pyrrole nitrogens is 1. The van der Waals surface area contributed by atoms with E-state index in [1.165, 1.54) is 6.07 Å². The number of phenolic OH excluding ortho intramolecular Hbond substituents is 2. The molecule has 0 spiro atoms. The van der Waals surface area contributed by atoms with Gasteiger partial charge in [-0.1, -0.05) is 6.92 Å². The number of rotatable bonds is 4. The molecular weight excluding hydrogens is 306 g/mol. The third-order valence-corrected chi connectivity index (χ3v) is 4.50. The fourth-order valence-electron chi connectivity index (χ4n) is 3.24. The first kappa shape index (κ1) is 16.5. The zero-order chi connectivity index (χ0) is 17.3. The van der Waals surface area contributed by atoms with E-state index in [1.807, 2.05) is 6.92 Å². The summed E-state index contributed by atoms with van der Waals surface area (Å²) in [5, 5.41) is 19.6. The Morgan fingerprint density at radius 1 is 1.33 bits per heavy atom. The Hall–Kier alpha value is -2.34. The summed E-state index contributed by atoms with van der Waals surface area (Å²) >= 11 is 0. The highest BCUT2D eigenvalue weighted by atomic mass is 16.3. The van der Waals surface area contributed by atoms with Crippen molar-refractivity contribution in [1.82, 2.24) is 14.9 Å². The van der Waals surface area contributed by atoms with Gasteiger partial charge in [-0.2, -0.15) is 0 Å². The quantitative estimate of drug-likeness (QED) is 0.798. The first-order valence-corrected chi connectivity index (χ1v) is 8.32. The first-order valence-electron chi connectivity index (χ1n) is 8.32. The summed E-state index contributed by atoms with van der Waals surface area (Å²) in [5.74, 6) is 0.908. The van der Waals surface area contributed by atoms with Crippen molar-refractivity contribution >= 4 is 0 Å². The van der Waals surface area contributed by atoms with Crippen LogP contribution in [-0.2, 0) is 25.9 Å². The summed E-state index contributed by atoms with van der Waals surface area (Å²) < 4.78 is 0. The van der Waals surface area contributed by atoms with E-state index in [9.17, 15) is 15.0 Å². The largest absolute Gasteiger partial charge is 0.508 e. The minimum absolute atomic E-state index is 0.0215. The number of aromatic amines is 1. The number of fused-ring (bicyclic) bond motifs is 1. The van der Waals surface area contributed by atoms with Gasteiger partial charge in [-0.15, -0.1) is 0 Å². The van der Waals surface area contributed by atoms with E-state index in [0.29, 0.717) is 19.5 Å². The number of benzene rings is 1. The number of nitrogens with zero attached hydrogens (tertiary/aromatic N) is 2. The Morgan fingerprint density at radius 2 is 2.12 bits per heavy atom. The molecule has 3 rings (SSSR count). The highest BCUT2D eigenvalue weighted by Crippen LogP contribution is 2.29. The molecule has 0 unspecified atom stereocenters. The van der Waals surface area contributed by atoms with E-state index in [1.54, 1.807) is 6.07 Å². The fourth-order valence-corrected chi connectivity index (χ4v) is 3.24. The molecule has 0 aliphatic carbocycles. The molecule has 1 aliphatic heterocycles. The number of aryl methyl sites for hydroxylation is 2. The van der Waals surface area contributed by atoms with E-state index in [2.05, 4.69) is 21.8 Å². The average Bonchev–Trinajstić information content (AvgIpc) is 2.51. The Kier molecular flexibility index (Phi) is 4.57. The molecule has 0 fully saturated rings. The summed E-state index contributed by atoms with van der Waals surface area (Å²) in [6.07, 6.45) is 2.36. The monoisotopic (exact) mass is 329 g/mol.